The molecule has 1 aliphatic rings. The van der Waals surface area contributed by atoms with E-state index in [1.165, 1.54) is 4.90 Å². The zero-order chi connectivity index (χ0) is 20.8. The molecule has 10 nitrogen and oxygen atoms in total. The van der Waals surface area contributed by atoms with E-state index in [2.05, 4.69) is 26.1 Å². The van der Waals surface area contributed by atoms with Crippen molar-refractivity contribution in [3.63, 3.8) is 0 Å². The number of hydrogen-bond acceptors (Lipinski definition) is 6. The van der Waals surface area contributed by atoms with E-state index in [1.54, 1.807) is 23.3 Å². The highest BCUT2D eigenvalue weighted by Gasteiger charge is 2.29. The largest absolute Gasteiger partial charge is 0.485 e. The first-order valence-electron chi connectivity index (χ1n) is 9.37. The van der Waals surface area contributed by atoms with Crippen molar-refractivity contribution in [2.75, 3.05) is 13.1 Å². The van der Waals surface area contributed by atoms with Crippen LogP contribution in [0, 0.1) is 11.3 Å². The zero-order valence-electron chi connectivity index (χ0n) is 16.0. The number of H-pyrrole nitrogens is 1. The number of nitrogens with one attached hydrogen (secondary N) is 1. The normalized spacial score (nSPS) is 16.3. The molecule has 150 valence electrons. The fourth-order valence-electron chi connectivity index (χ4n) is 3.83. The van der Waals surface area contributed by atoms with Crippen LogP contribution in [0.2, 0.25) is 0 Å². The Morgan fingerprint density at radius 3 is 2.90 bits per heavy atom. The van der Waals surface area contributed by atoms with Gasteiger partial charge < -0.3 is 19.7 Å². The summed E-state index contributed by atoms with van der Waals surface area (Å²) in [4.78, 5) is 24.5. The number of aromatic amines is 1. The van der Waals surface area contributed by atoms with Crippen LogP contribution in [-0.4, -0.2) is 60.0 Å². The highest BCUT2D eigenvalue weighted by molar-refractivity contribution is 6.10. The summed E-state index contributed by atoms with van der Waals surface area (Å²) >= 11 is 0. The maximum absolute atomic E-state index is 11.2. The van der Waals surface area contributed by atoms with Crippen molar-refractivity contribution >= 4 is 28.0 Å². The average Bonchev–Trinajstić information content (AvgIpc) is 3.45. The van der Waals surface area contributed by atoms with Gasteiger partial charge in [0.1, 0.15) is 17.8 Å². The Morgan fingerprint density at radius 2 is 2.20 bits per heavy atom. The first-order valence-corrected chi connectivity index (χ1v) is 9.37. The third-order valence-corrected chi connectivity index (χ3v) is 5.29. The Balaban J connectivity index is 1.64. The fourth-order valence-corrected chi connectivity index (χ4v) is 3.83. The van der Waals surface area contributed by atoms with E-state index in [4.69, 9.17) is 4.74 Å². The van der Waals surface area contributed by atoms with Crippen molar-refractivity contribution in [2.24, 2.45) is 7.05 Å². The maximum atomic E-state index is 11.2. The third kappa shape index (κ3) is 2.88. The highest BCUT2D eigenvalue weighted by atomic mass is 16.5. The number of ether oxygens (including phenoxy) is 1. The minimum absolute atomic E-state index is 0.156. The van der Waals surface area contributed by atoms with Crippen LogP contribution < -0.4 is 4.74 Å². The molecule has 5 heterocycles. The minimum atomic E-state index is -0.977. The topological polar surface area (TPSA) is 133 Å². The van der Waals surface area contributed by atoms with Gasteiger partial charge in [-0.25, -0.2) is 14.8 Å². The molecule has 1 aliphatic heterocycles. The van der Waals surface area contributed by atoms with Crippen LogP contribution in [0.3, 0.4) is 0 Å². The highest BCUT2D eigenvalue weighted by Crippen LogP contribution is 2.37. The van der Waals surface area contributed by atoms with Gasteiger partial charge >= 0.3 is 6.09 Å². The smallest absolute Gasteiger partial charge is 0.407 e. The molecule has 4 aromatic rings. The Kier molecular flexibility index (Phi) is 4.03. The van der Waals surface area contributed by atoms with Gasteiger partial charge in [0.25, 0.3) is 0 Å². The van der Waals surface area contributed by atoms with Gasteiger partial charge in [-0.05, 0) is 6.07 Å². The monoisotopic (exact) mass is 403 g/mol. The Morgan fingerprint density at radius 1 is 1.33 bits per heavy atom. The number of aromatic nitrogens is 5. The summed E-state index contributed by atoms with van der Waals surface area (Å²) in [6, 6.07) is 4.06. The molecule has 1 unspecified atom stereocenters. The van der Waals surface area contributed by atoms with E-state index < -0.39 is 6.09 Å². The van der Waals surface area contributed by atoms with Crippen LogP contribution in [0.5, 0.6) is 5.75 Å². The van der Waals surface area contributed by atoms with E-state index in [0.717, 1.165) is 16.5 Å². The number of aryl methyl sites for hydroxylation is 1. The van der Waals surface area contributed by atoms with Gasteiger partial charge in [0.05, 0.1) is 29.8 Å². The Labute approximate surface area is 170 Å². The zero-order valence-corrected chi connectivity index (χ0v) is 16.0. The van der Waals surface area contributed by atoms with Gasteiger partial charge in [-0.3, -0.25) is 4.68 Å². The van der Waals surface area contributed by atoms with Crippen molar-refractivity contribution in [1.29, 1.82) is 5.26 Å². The lowest BCUT2D eigenvalue weighted by Crippen LogP contribution is -2.29. The second-order valence-corrected chi connectivity index (χ2v) is 7.24. The van der Waals surface area contributed by atoms with Crippen LogP contribution in [-0.2, 0) is 7.05 Å². The summed E-state index contributed by atoms with van der Waals surface area (Å²) in [6.45, 7) is 0.643. The number of rotatable bonds is 3. The molecule has 30 heavy (non-hydrogen) atoms. The quantitative estimate of drug-likeness (QED) is 0.537. The van der Waals surface area contributed by atoms with Crippen molar-refractivity contribution in [3.05, 3.63) is 36.5 Å². The van der Waals surface area contributed by atoms with Crippen molar-refractivity contribution < 1.29 is 14.6 Å². The molecule has 2 N–H and O–H groups in total. The Hall–Kier alpha value is -4.13. The second kappa shape index (κ2) is 6.73. The molecule has 4 aromatic heterocycles. The van der Waals surface area contributed by atoms with Gasteiger partial charge in [0.2, 0.25) is 0 Å². The van der Waals surface area contributed by atoms with Crippen LogP contribution in [0.25, 0.3) is 33.1 Å². The van der Waals surface area contributed by atoms with Crippen LogP contribution in [0.15, 0.2) is 30.9 Å². The summed E-state index contributed by atoms with van der Waals surface area (Å²) in [6.07, 6.45) is 6.23. The molecule has 1 atom stereocenters. The second-order valence-electron chi connectivity index (χ2n) is 7.24. The summed E-state index contributed by atoms with van der Waals surface area (Å²) in [5, 5.41) is 24.5. The molecule has 0 radical (unpaired) electrons. The summed E-state index contributed by atoms with van der Waals surface area (Å²) in [5.74, 6) is 0.351. The standard InChI is InChI=1S/C20H17N7O3/c1-26-9-12(7-24-26)11-4-14-17-16(25-19(14)23-6-11)8-22-15(5-21)18(17)30-13-2-3-27(10-13)20(28)29/h4,6-9,13H,2-3,10H2,1H3,(H,23,25)(H,28,29). The molecule has 0 saturated carbocycles. The Bertz CT molecular complexity index is 1330. The molecule has 0 bridgehead atoms. The summed E-state index contributed by atoms with van der Waals surface area (Å²) < 4.78 is 7.87. The number of likely N-dealkylation sites (tertiary alicyclic amines) is 1. The van der Waals surface area contributed by atoms with Gasteiger partial charge in [0, 0.05) is 48.9 Å². The van der Waals surface area contributed by atoms with Gasteiger partial charge in [-0.1, -0.05) is 0 Å². The molecule has 1 fully saturated rings. The lowest BCUT2D eigenvalue weighted by atomic mass is 10.1. The maximum Gasteiger partial charge on any atom is 0.407 e. The number of carbonyl (C=O) groups is 1. The van der Waals surface area contributed by atoms with Crippen LogP contribution in [0.1, 0.15) is 12.1 Å². The van der Waals surface area contributed by atoms with Crippen molar-refractivity contribution in [3.8, 4) is 22.9 Å². The van der Waals surface area contributed by atoms with Crippen LogP contribution in [0.4, 0.5) is 4.79 Å². The number of amides is 1. The van der Waals surface area contributed by atoms with Gasteiger partial charge in [-0.15, -0.1) is 0 Å². The van der Waals surface area contributed by atoms with Gasteiger partial charge in [0.15, 0.2) is 11.4 Å². The van der Waals surface area contributed by atoms with Crippen LogP contribution >= 0.6 is 0 Å². The molecule has 10 heteroatoms. The molecular weight excluding hydrogens is 386 g/mol. The molecule has 1 amide bonds. The third-order valence-electron chi connectivity index (χ3n) is 5.29. The predicted octanol–water partition coefficient (Wildman–Crippen LogP) is 2.51. The van der Waals surface area contributed by atoms with E-state index in [-0.39, 0.29) is 18.3 Å². The van der Waals surface area contributed by atoms with Crippen molar-refractivity contribution in [1.82, 2.24) is 29.6 Å². The SMILES string of the molecule is Cn1cc(-c2cnc3[nH]c4cnc(C#N)c(OC5CCN(C(=O)O)C5)c4c3c2)cn1. The molecule has 5 rings (SSSR count). The van der Waals surface area contributed by atoms with Gasteiger partial charge in [-0.2, -0.15) is 10.4 Å². The first-order chi connectivity index (χ1) is 14.5. The minimum Gasteiger partial charge on any atom is -0.485 e. The number of carboxylic acid groups (broad SMARTS) is 1. The molecule has 1 saturated heterocycles. The number of pyridine rings is 2. The van der Waals surface area contributed by atoms with E-state index >= 15 is 0 Å². The molecule has 0 aliphatic carbocycles. The molecule has 0 aromatic carbocycles. The van der Waals surface area contributed by atoms with E-state index in [0.29, 0.717) is 35.3 Å². The predicted molar refractivity (Wildman–Crippen MR) is 107 cm³/mol. The lowest BCUT2D eigenvalue weighted by Gasteiger charge is -2.16. The average molecular weight is 403 g/mol. The number of nitriles is 1. The van der Waals surface area contributed by atoms with E-state index in [1.807, 2.05) is 19.3 Å². The van der Waals surface area contributed by atoms with E-state index in [9.17, 15) is 15.2 Å². The number of hydrogen-bond donors (Lipinski definition) is 2. The molecular formula is C20H17N7O3. The summed E-state index contributed by atoms with van der Waals surface area (Å²) in [5.41, 5.74) is 3.31. The number of fused-ring (bicyclic) bond motifs is 3. The fraction of sp³-hybridized carbons (Fsp3) is 0.250. The summed E-state index contributed by atoms with van der Waals surface area (Å²) in [7, 11) is 1.85. The number of nitrogens with zero attached hydrogens (tertiary/aromatic N) is 6. The molecule has 0 spiro atoms. The van der Waals surface area contributed by atoms with Crippen molar-refractivity contribution in [2.45, 2.75) is 12.5 Å². The lowest BCUT2D eigenvalue weighted by molar-refractivity contribution is 0.146. The first kappa shape index (κ1) is 17.9.